The molecule has 1 N–H and O–H groups in total. The Hall–Kier alpha value is -0.850. The normalized spacial score (nSPS) is 19.7. The Bertz CT molecular complexity index is 508. The zero-order chi connectivity index (χ0) is 13.9. The minimum absolute atomic E-state index is 0.272. The monoisotopic (exact) mass is 286 g/mol. The minimum atomic E-state index is -2.80. The van der Waals surface area contributed by atoms with Crippen LogP contribution in [0.2, 0.25) is 0 Å². The summed E-state index contributed by atoms with van der Waals surface area (Å²) in [5, 5.41) is 3.23. The molecule has 0 unspecified atom stereocenters. The van der Waals surface area contributed by atoms with Gasteiger partial charge in [0.05, 0.1) is 18.1 Å². The van der Waals surface area contributed by atoms with Gasteiger partial charge in [-0.25, -0.2) is 8.42 Å². The molecule has 0 spiro atoms. The molecule has 0 aliphatic carbocycles. The van der Waals surface area contributed by atoms with Gasteiger partial charge in [-0.15, -0.1) is 0 Å². The van der Waals surface area contributed by atoms with E-state index in [1.807, 2.05) is 6.92 Å². The van der Waals surface area contributed by atoms with Crippen molar-refractivity contribution in [3.8, 4) is 0 Å². The van der Waals surface area contributed by atoms with Crippen molar-refractivity contribution < 1.29 is 12.8 Å². The van der Waals surface area contributed by atoms with Crippen LogP contribution in [0.15, 0.2) is 10.5 Å². The molecule has 1 aromatic rings. The molecule has 108 valence electrons. The van der Waals surface area contributed by atoms with Gasteiger partial charge in [0.1, 0.15) is 11.5 Å². The van der Waals surface area contributed by atoms with Crippen LogP contribution < -0.4 is 5.32 Å². The smallest absolute Gasteiger partial charge is 0.152 e. The van der Waals surface area contributed by atoms with E-state index in [1.54, 1.807) is 0 Å². The summed E-state index contributed by atoms with van der Waals surface area (Å²) in [5.41, 5.74) is 1.16. The molecule has 19 heavy (non-hydrogen) atoms. The van der Waals surface area contributed by atoms with E-state index in [9.17, 15) is 8.42 Å². The first-order valence-corrected chi connectivity index (χ1v) is 8.54. The van der Waals surface area contributed by atoms with Gasteiger partial charge in [0.25, 0.3) is 0 Å². The summed E-state index contributed by atoms with van der Waals surface area (Å²) in [6.07, 6.45) is 0. The molecule has 2 rings (SSSR count). The van der Waals surface area contributed by atoms with Crippen LogP contribution in [0.4, 0.5) is 0 Å². The Morgan fingerprint density at radius 1 is 1.37 bits per heavy atom. The zero-order valence-electron chi connectivity index (χ0n) is 11.6. The molecule has 0 radical (unpaired) electrons. The summed E-state index contributed by atoms with van der Waals surface area (Å²) >= 11 is 0. The van der Waals surface area contributed by atoms with Crippen molar-refractivity contribution >= 4 is 9.84 Å². The van der Waals surface area contributed by atoms with Crippen LogP contribution in [-0.2, 0) is 22.9 Å². The summed E-state index contributed by atoms with van der Waals surface area (Å²) in [5.74, 6) is 2.42. The van der Waals surface area contributed by atoms with Crippen LogP contribution >= 0.6 is 0 Å². The molecule has 0 amide bonds. The molecule has 0 bridgehead atoms. The highest BCUT2D eigenvalue weighted by Gasteiger charge is 2.22. The summed E-state index contributed by atoms with van der Waals surface area (Å²) in [6, 6.07) is 2.07. The number of hydrogen-bond donors (Lipinski definition) is 1. The van der Waals surface area contributed by atoms with Gasteiger partial charge in [-0.3, -0.25) is 4.90 Å². The lowest BCUT2D eigenvalue weighted by molar-refractivity contribution is 0.285. The molecule has 6 heteroatoms. The number of sulfone groups is 1. The van der Waals surface area contributed by atoms with Crippen LogP contribution in [0.5, 0.6) is 0 Å². The van der Waals surface area contributed by atoms with Crippen LogP contribution in [0.3, 0.4) is 0 Å². The van der Waals surface area contributed by atoms with Gasteiger partial charge < -0.3 is 9.73 Å². The molecule has 1 saturated heterocycles. The number of aryl methyl sites for hydroxylation is 1. The van der Waals surface area contributed by atoms with Crippen molar-refractivity contribution in [2.24, 2.45) is 0 Å². The van der Waals surface area contributed by atoms with Crippen molar-refractivity contribution in [3.63, 3.8) is 0 Å². The van der Waals surface area contributed by atoms with Crippen LogP contribution in [0.25, 0.3) is 0 Å². The molecule has 1 aliphatic heterocycles. The van der Waals surface area contributed by atoms with E-state index in [1.165, 1.54) is 0 Å². The van der Waals surface area contributed by atoms with Gasteiger partial charge in [0.2, 0.25) is 0 Å². The SMILES string of the molecule is CCNCc1cc(CN2CCS(=O)(=O)CC2)c(C)o1. The lowest BCUT2D eigenvalue weighted by Gasteiger charge is -2.26. The van der Waals surface area contributed by atoms with Crippen molar-refractivity contribution in [2.75, 3.05) is 31.1 Å². The van der Waals surface area contributed by atoms with Gasteiger partial charge in [-0.1, -0.05) is 6.92 Å². The van der Waals surface area contributed by atoms with Gasteiger partial charge in [-0.05, 0) is 19.5 Å². The van der Waals surface area contributed by atoms with Crippen molar-refractivity contribution in [2.45, 2.75) is 26.9 Å². The molecule has 1 fully saturated rings. The predicted octanol–water partition coefficient (Wildman–Crippen LogP) is 0.928. The second-order valence-electron chi connectivity index (χ2n) is 5.00. The maximum absolute atomic E-state index is 11.4. The van der Waals surface area contributed by atoms with Crippen molar-refractivity contribution in [1.82, 2.24) is 10.2 Å². The fourth-order valence-electron chi connectivity index (χ4n) is 2.23. The quantitative estimate of drug-likeness (QED) is 0.872. The number of rotatable bonds is 5. The van der Waals surface area contributed by atoms with Crippen molar-refractivity contribution in [3.05, 3.63) is 23.2 Å². The van der Waals surface area contributed by atoms with E-state index < -0.39 is 9.84 Å². The molecule has 1 aromatic heterocycles. The van der Waals surface area contributed by atoms with E-state index in [-0.39, 0.29) is 11.5 Å². The molecule has 2 heterocycles. The standard InChI is InChI=1S/C13H22N2O3S/c1-3-14-9-13-8-12(11(2)18-13)10-15-4-6-19(16,17)7-5-15/h8,14H,3-7,9-10H2,1-2H3. The predicted molar refractivity (Wildman–Crippen MR) is 74.8 cm³/mol. The van der Waals surface area contributed by atoms with Crippen LogP contribution in [0, 0.1) is 6.92 Å². The first-order valence-electron chi connectivity index (χ1n) is 6.72. The zero-order valence-corrected chi connectivity index (χ0v) is 12.4. The summed E-state index contributed by atoms with van der Waals surface area (Å²) in [6.45, 7) is 7.70. The van der Waals surface area contributed by atoms with E-state index in [0.717, 1.165) is 36.7 Å². The fourth-order valence-corrected chi connectivity index (χ4v) is 3.51. The van der Waals surface area contributed by atoms with Gasteiger partial charge in [0, 0.05) is 25.2 Å². The minimum Gasteiger partial charge on any atom is -0.465 e. The molecular weight excluding hydrogens is 264 g/mol. The average Bonchev–Trinajstić information content (AvgIpc) is 2.70. The molecule has 0 atom stereocenters. The number of furan rings is 1. The summed E-state index contributed by atoms with van der Waals surface area (Å²) in [4.78, 5) is 2.18. The Kier molecular flexibility index (Phi) is 4.65. The summed E-state index contributed by atoms with van der Waals surface area (Å²) in [7, 11) is -2.80. The van der Waals surface area contributed by atoms with Crippen LogP contribution in [-0.4, -0.2) is 44.5 Å². The van der Waals surface area contributed by atoms with E-state index in [0.29, 0.717) is 13.1 Å². The molecule has 1 aliphatic rings. The van der Waals surface area contributed by atoms with Gasteiger partial charge in [0.15, 0.2) is 9.84 Å². The van der Waals surface area contributed by atoms with Crippen LogP contribution in [0.1, 0.15) is 24.0 Å². The molecule has 5 nitrogen and oxygen atoms in total. The maximum atomic E-state index is 11.4. The molecule has 0 aromatic carbocycles. The highest BCUT2D eigenvalue weighted by atomic mass is 32.2. The third kappa shape index (κ3) is 4.06. The van der Waals surface area contributed by atoms with E-state index in [4.69, 9.17) is 4.42 Å². The Balaban J connectivity index is 1.94. The third-order valence-electron chi connectivity index (χ3n) is 3.45. The van der Waals surface area contributed by atoms with E-state index >= 15 is 0 Å². The lowest BCUT2D eigenvalue weighted by atomic mass is 10.2. The highest BCUT2D eigenvalue weighted by molar-refractivity contribution is 7.91. The number of hydrogen-bond acceptors (Lipinski definition) is 5. The first-order chi connectivity index (χ1) is 9.00. The lowest BCUT2D eigenvalue weighted by Crippen LogP contribution is -2.39. The molecule has 0 saturated carbocycles. The van der Waals surface area contributed by atoms with Gasteiger partial charge in [-0.2, -0.15) is 0 Å². The Morgan fingerprint density at radius 2 is 2.05 bits per heavy atom. The Morgan fingerprint density at radius 3 is 2.68 bits per heavy atom. The third-order valence-corrected chi connectivity index (χ3v) is 5.06. The van der Waals surface area contributed by atoms with Crippen molar-refractivity contribution in [1.29, 1.82) is 0 Å². The van der Waals surface area contributed by atoms with E-state index in [2.05, 4.69) is 23.2 Å². The maximum Gasteiger partial charge on any atom is 0.152 e. The largest absolute Gasteiger partial charge is 0.465 e. The Labute approximate surface area is 114 Å². The molecular formula is C13H22N2O3S. The van der Waals surface area contributed by atoms with Gasteiger partial charge >= 0.3 is 0 Å². The topological polar surface area (TPSA) is 62.6 Å². The first kappa shape index (κ1) is 14.6. The highest BCUT2D eigenvalue weighted by Crippen LogP contribution is 2.18. The number of nitrogens with zero attached hydrogens (tertiary/aromatic N) is 1. The number of nitrogens with one attached hydrogen (secondary N) is 1. The second kappa shape index (κ2) is 6.07. The summed E-state index contributed by atoms with van der Waals surface area (Å²) < 4.78 is 28.5. The fraction of sp³-hybridized carbons (Fsp3) is 0.692. The second-order valence-corrected chi connectivity index (χ2v) is 7.31. The average molecular weight is 286 g/mol.